The fourth-order valence-corrected chi connectivity index (χ4v) is 3.44. The number of likely N-dealkylation sites (tertiary alicyclic amines) is 1. The lowest BCUT2D eigenvalue weighted by Crippen LogP contribution is -2.43. The van der Waals surface area contributed by atoms with Crippen LogP contribution in [0.15, 0.2) is 18.5 Å². The molecule has 0 spiro atoms. The normalized spacial score (nSPS) is 21.2. The molecule has 24 heavy (non-hydrogen) atoms. The van der Waals surface area contributed by atoms with Gasteiger partial charge in [-0.05, 0) is 18.4 Å². The third kappa shape index (κ3) is 2.21. The van der Waals surface area contributed by atoms with Gasteiger partial charge in [0.25, 0.3) is 6.54 Å². The van der Waals surface area contributed by atoms with Crippen LogP contribution in [0.2, 0.25) is 0 Å². The maximum absolute atomic E-state index is 12.1. The molecule has 122 valence electrons. The highest BCUT2D eigenvalue weighted by Crippen LogP contribution is 2.32. The van der Waals surface area contributed by atoms with Crippen molar-refractivity contribution in [3.8, 4) is 0 Å². The van der Waals surface area contributed by atoms with Crippen molar-refractivity contribution >= 4 is 22.7 Å². The van der Waals surface area contributed by atoms with Gasteiger partial charge in [-0.25, -0.2) is 11.6 Å². The van der Waals surface area contributed by atoms with Gasteiger partial charge in [0.05, 0.1) is 11.7 Å². The van der Waals surface area contributed by atoms with Crippen LogP contribution in [0.25, 0.3) is 21.7 Å². The number of piperidine rings is 1. The van der Waals surface area contributed by atoms with Crippen molar-refractivity contribution in [2.75, 3.05) is 19.6 Å². The Hall–Kier alpha value is -2.95. The van der Waals surface area contributed by atoms with Gasteiger partial charge in [0.15, 0.2) is 11.3 Å². The molecule has 4 rings (SSSR count). The molecule has 0 aromatic carbocycles. The number of fused-ring (bicyclic) bond motifs is 3. The van der Waals surface area contributed by atoms with E-state index >= 15 is 0 Å². The maximum atomic E-state index is 12.1. The SMILES string of the molecule is [C-]#[N+]CC(=O)N1CC[C@@H](C)[C@@H](c2nnc3cnc4[nH]ccc4n23)C1. The van der Waals surface area contributed by atoms with E-state index in [4.69, 9.17) is 6.57 Å². The molecule has 0 radical (unpaired) electrons. The first-order chi connectivity index (χ1) is 11.7. The summed E-state index contributed by atoms with van der Waals surface area (Å²) in [6.07, 6.45) is 4.44. The molecule has 1 aliphatic rings. The molecule has 0 aliphatic carbocycles. The predicted molar refractivity (Wildman–Crippen MR) is 87.2 cm³/mol. The zero-order valence-corrected chi connectivity index (χ0v) is 13.3. The molecule has 3 aromatic rings. The first kappa shape index (κ1) is 14.6. The van der Waals surface area contributed by atoms with Gasteiger partial charge in [0.1, 0.15) is 5.82 Å². The van der Waals surface area contributed by atoms with E-state index in [1.54, 1.807) is 11.1 Å². The van der Waals surface area contributed by atoms with Crippen molar-refractivity contribution < 1.29 is 4.79 Å². The number of carbonyl (C=O) groups is 1. The van der Waals surface area contributed by atoms with Crippen LogP contribution in [0.1, 0.15) is 25.1 Å². The van der Waals surface area contributed by atoms with Gasteiger partial charge < -0.3 is 14.7 Å². The number of rotatable bonds is 2. The van der Waals surface area contributed by atoms with E-state index in [2.05, 4.69) is 31.9 Å². The number of hydrogen-bond donors (Lipinski definition) is 1. The van der Waals surface area contributed by atoms with Gasteiger partial charge >= 0.3 is 5.91 Å². The third-order valence-electron chi connectivity index (χ3n) is 4.82. The van der Waals surface area contributed by atoms with E-state index in [-0.39, 0.29) is 18.4 Å². The molecule has 0 unspecified atom stereocenters. The van der Waals surface area contributed by atoms with E-state index in [1.165, 1.54) is 0 Å². The lowest BCUT2D eigenvalue weighted by Gasteiger charge is -2.35. The summed E-state index contributed by atoms with van der Waals surface area (Å²) in [7, 11) is 0. The Kier molecular flexibility index (Phi) is 3.41. The Labute approximate surface area is 138 Å². The van der Waals surface area contributed by atoms with Crippen molar-refractivity contribution in [1.82, 2.24) is 29.5 Å². The minimum Gasteiger partial charge on any atom is -0.345 e. The summed E-state index contributed by atoms with van der Waals surface area (Å²) >= 11 is 0. The monoisotopic (exact) mass is 323 g/mol. The maximum Gasteiger partial charge on any atom is 0.302 e. The van der Waals surface area contributed by atoms with Crippen molar-refractivity contribution in [2.45, 2.75) is 19.3 Å². The second-order valence-corrected chi connectivity index (χ2v) is 6.25. The highest BCUT2D eigenvalue weighted by molar-refractivity contribution is 5.80. The Balaban J connectivity index is 1.76. The number of hydrogen-bond acceptors (Lipinski definition) is 4. The molecule has 8 nitrogen and oxygen atoms in total. The number of amides is 1. The average Bonchev–Trinajstić information content (AvgIpc) is 3.21. The van der Waals surface area contributed by atoms with Crippen LogP contribution in [0.5, 0.6) is 0 Å². The highest BCUT2D eigenvalue weighted by atomic mass is 16.2. The predicted octanol–water partition coefficient (Wildman–Crippen LogP) is 1.48. The number of nitrogens with zero attached hydrogens (tertiary/aromatic N) is 6. The third-order valence-corrected chi connectivity index (χ3v) is 4.82. The quantitative estimate of drug-likeness (QED) is 0.724. The Morgan fingerprint density at radius 1 is 1.50 bits per heavy atom. The molecular formula is C16H17N7O. The van der Waals surface area contributed by atoms with Gasteiger partial charge in [-0.2, -0.15) is 0 Å². The summed E-state index contributed by atoms with van der Waals surface area (Å²) < 4.78 is 2.02. The first-order valence-electron chi connectivity index (χ1n) is 7.97. The van der Waals surface area contributed by atoms with Gasteiger partial charge in [-0.3, -0.25) is 9.20 Å². The van der Waals surface area contributed by atoms with E-state index < -0.39 is 0 Å². The topological polar surface area (TPSA) is 83.5 Å². The molecule has 1 aliphatic heterocycles. The molecule has 1 fully saturated rings. The van der Waals surface area contributed by atoms with Gasteiger partial charge in [0, 0.05) is 25.2 Å². The summed E-state index contributed by atoms with van der Waals surface area (Å²) in [5.74, 6) is 1.22. The van der Waals surface area contributed by atoms with Crippen LogP contribution in [0.4, 0.5) is 0 Å². The Bertz CT molecular complexity index is 950. The summed E-state index contributed by atoms with van der Waals surface area (Å²) in [5, 5.41) is 8.65. The number of aromatic amines is 1. The van der Waals surface area contributed by atoms with Crippen molar-refractivity contribution in [3.63, 3.8) is 0 Å². The van der Waals surface area contributed by atoms with Gasteiger partial charge in [-0.1, -0.05) is 6.92 Å². The van der Waals surface area contributed by atoms with Crippen LogP contribution in [-0.2, 0) is 4.79 Å². The number of H-pyrrole nitrogens is 1. The largest absolute Gasteiger partial charge is 0.345 e. The van der Waals surface area contributed by atoms with Crippen LogP contribution in [-0.4, -0.2) is 55.0 Å². The smallest absolute Gasteiger partial charge is 0.302 e. The summed E-state index contributed by atoms with van der Waals surface area (Å²) in [4.78, 5) is 24.5. The molecule has 3 aromatic heterocycles. The molecule has 8 heteroatoms. The second-order valence-electron chi connectivity index (χ2n) is 6.25. The molecule has 2 atom stereocenters. The summed E-state index contributed by atoms with van der Waals surface area (Å²) in [6, 6.07) is 1.96. The molecule has 1 N–H and O–H groups in total. The van der Waals surface area contributed by atoms with Crippen molar-refractivity contribution in [1.29, 1.82) is 0 Å². The molecule has 4 heterocycles. The second kappa shape index (κ2) is 5.60. The standard InChI is InChI=1S/C16H17N7O/c1-10-4-6-22(14(24)8-17-2)9-11(10)16-21-20-13-7-19-15-12(23(13)16)3-5-18-15/h3,5,7,10-11,18H,4,6,8-9H2,1H3/t10-,11+/m1/s1. The molecule has 0 bridgehead atoms. The fraction of sp³-hybridized carbons (Fsp3) is 0.438. The Morgan fingerprint density at radius 3 is 3.21 bits per heavy atom. The lowest BCUT2D eigenvalue weighted by atomic mass is 9.86. The lowest BCUT2D eigenvalue weighted by molar-refractivity contribution is -0.130. The van der Waals surface area contributed by atoms with E-state index in [0.29, 0.717) is 24.7 Å². The van der Waals surface area contributed by atoms with Crippen molar-refractivity contribution in [3.05, 3.63) is 35.7 Å². The van der Waals surface area contributed by atoms with Crippen LogP contribution < -0.4 is 0 Å². The van der Waals surface area contributed by atoms with Crippen molar-refractivity contribution in [2.24, 2.45) is 5.92 Å². The number of carbonyl (C=O) groups excluding carboxylic acids is 1. The summed E-state index contributed by atoms with van der Waals surface area (Å²) in [5.41, 5.74) is 2.42. The van der Waals surface area contributed by atoms with Crippen LogP contribution in [0, 0.1) is 12.5 Å². The number of nitrogens with one attached hydrogen (secondary N) is 1. The van der Waals surface area contributed by atoms with E-state index in [0.717, 1.165) is 23.4 Å². The van der Waals surface area contributed by atoms with E-state index in [1.807, 2.05) is 16.7 Å². The van der Waals surface area contributed by atoms with Crippen LogP contribution >= 0.6 is 0 Å². The molecule has 0 saturated carbocycles. The fourth-order valence-electron chi connectivity index (χ4n) is 3.44. The molecule has 1 amide bonds. The minimum atomic E-state index is -0.107. The molecule has 1 saturated heterocycles. The molecular weight excluding hydrogens is 306 g/mol. The average molecular weight is 323 g/mol. The van der Waals surface area contributed by atoms with Gasteiger partial charge in [-0.15, -0.1) is 10.2 Å². The number of aromatic nitrogens is 5. The van der Waals surface area contributed by atoms with Crippen LogP contribution in [0.3, 0.4) is 0 Å². The minimum absolute atomic E-state index is 0.0870. The summed E-state index contributed by atoms with van der Waals surface area (Å²) in [6.45, 7) is 10.3. The zero-order chi connectivity index (χ0) is 16.7. The van der Waals surface area contributed by atoms with Gasteiger partial charge in [0.2, 0.25) is 0 Å². The Morgan fingerprint density at radius 2 is 2.38 bits per heavy atom. The highest BCUT2D eigenvalue weighted by Gasteiger charge is 2.34. The zero-order valence-electron chi connectivity index (χ0n) is 13.3. The van der Waals surface area contributed by atoms with E-state index in [9.17, 15) is 4.79 Å². The first-order valence-corrected chi connectivity index (χ1v) is 7.97.